The van der Waals surface area contributed by atoms with Crippen LogP contribution in [-0.2, 0) is 9.68 Å². The molecule has 0 spiro atoms. The number of nitrogens with one attached hydrogen (secondary N) is 3. The molecule has 0 aromatic carbocycles. The van der Waals surface area contributed by atoms with Crippen LogP contribution in [-0.4, -0.2) is 108 Å². The number of carbonyl (C=O) groups excluding carboxylic acids is 4. The second-order valence-corrected chi connectivity index (χ2v) is 46.6. The van der Waals surface area contributed by atoms with Crippen molar-refractivity contribution in [2.45, 2.75) is 372 Å². The Bertz CT molecular complexity index is 3890. The van der Waals surface area contributed by atoms with Crippen molar-refractivity contribution in [3.05, 3.63) is 50.0 Å². The van der Waals surface area contributed by atoms with Crippen LogP contribution in [0, 0.1) is 111 Å². The van der Waals surface area contributed by atoms with Crippen LogP contribution in [0.4, 0.5) is 17.6 Å². The predicted octanol–water partition coefficient (Wildman–Crippen LogP) is 13.5. The second-order valence-electron chi connectivity index (χ2n) is 45.6. The standard InChI is InChI=1S/C37H69N5O2.C25H43ClN4O2.C19H39NO.C6H5Cl2N3O.CH2O3.CH4.2K.H/c1-27(2,3)34(19)31(13,14)32(15,16)35(20,33(17,18)36(34,21)44)41-25-23(24(38)43)22-39-26(40-25)42-37(28(4,5)6,29(7,8)9)30(10,11)12;1-14-15(16(27)31)17(29-18(26)28-14)30-24(12)21(7,8)20(5,6)23(11,19(2,3)4)25(13,32)22(24,9)10;1-13(2,3)17(10)14(4,5)15(6,7)18(11,20)16(8,9)19(17,12)21;1-2-3(5(9)12)4(7)11-6(8)10-2;2-1-4-3;;;;/h22,44H,1-21H3,(H2,38,43)(H2,39,40,41,42);32H,1-13H3,(H2,27,31)(H,28,29,30);21H,20H2,1-12H3;1H3,(H2,9,12);1,3H;1H4;;;/q;;;;;;2*+1;-1/p-1. The van der Waals surface area contributed by atoms with Gasteiger partial charge in [-0.15, -0.1) is 0 Å². The molecule has 0 bridgehead atoms. The maximum absolute atomic E-state index is 12.9. The first kappa shape index (κ1) is 117. The van der Waals surface area contributed by atoms with E-state index in [2.05, 4.69) is 337 Å². The fourth-order valence-electron chi connectivity index (χ4n) is 23.9. The first-order valence-electron chi connectivity index (χ1n) is 39.6. The molecule has 3 aromatic heterocycles. The molecule has 3 amide bonds. The zero-order valence-electron chi connectivity index (χ0n) is 82.1. The zero-order chi connectivity index (χ0) is 91.1. The Hall–Kier alpha value is -1.54. The maximum atomic E-state index is 12.9. The molecule has 14 N–H and O–H groups in total. The number of nitrogens with zero attached hydrogens (tertiary/aromatic N) is 6. The van der Waals surface area contributed by atoms with Crippen molar-refractivity contribution in [2.24, 2.45) is 120 Å². The number of anilines is 3. The minimum absolute atomic E-state index is 0. The van der Waals surface area contributed by atoms with E-state index in [9.17, 15) is 29.7 Å². The normalized spacial score (nSPS) is 29.8. The largest absolute Gasteiger partial charge is 1.00 e. The SMILES string of the molecule is C.CC(C)(C)C1(C)C(C)(C)C(C)(C)C(C)(N)C(C)(C)C1(C)O.CC(C)(C)C1(C)C(C)(C)C(C)(C)C(C)(Nc2nc(NC(C(C)(C)C)(C(C)(C)C)C(C)(C)C)ncc2C(N)=O)C(C)(C)C1(C)O.Cc1nc(Cl)nc(Cl)c1C(N)=O.Cc1nc(Cl)nc(NC2(C)C(C)(C)C(C)(C)C(C)(C(C)(C)C)C(C)(O)C2(C)C)c1C(N)=O.O=CO[O-].[H-].[K+].[K+]. The van der Waals surface area contributed by atoms with Gasteiger partial charge in [0.2, 0.25) is 16.5 Å². The van der Waals surface area contributed by atoms with E-state index in [-0.39, 0.29) is 210 Å². The Kier molecular flexibility index (Phi) is 35.2. The molecule has 660 valence electrons. The van der Waals surface area contributed by atoms with Gasteiger partial charge in [0, 0.05) is 55.3 Å². The van der Waals surface area contributed by atoms with Crippen LogP contribution in [0.1, 0.15) is 363 Å². The third-order valence-corrected chi connectivity index (χ3v) is 35.8. The molecule has 3 saturated carbocycles. The van der Waals surface area contributed by atoms with Crippen LogP contribution in [0.25, 0.3) is 0 Å². The number of primary amides is 3. The molecular formula is C89H162Cl3K2N13O9. The van der Waals surface area contributed by atoms with Crippen molar-refractivity contribution >= 4 is 76.6 Å². The number of halogens is 3. The van der Waals surface area contributed by atoms with E-state index in [1.807, 2.05) is 20.8 Å². The van der Waals surface area contributed by atoms with Crippen molar-refractivity contribution in [2.75, 3.05) is 16.0 Å². The number of amides is 3. The Morgan fingerprint density at radius 2 is 0.716 bits per heavy atom. The minimum atomic E-state index is -1.14. The smallest absolute Gasteiger partial charge is 1.00 e. The Labute approximate surface area is 804 Å². The van der Waals surface area contributed by atoms with E-state index in [1.165, 1.54) is 6.20 Å². The quantitative estimate of drug-likeness (QED) is 0.0225. The molecule has 6 rings (SSSR count). The van der Waals surface area contributed by atoms with Crippen molar-refractivity contribution in [3.8, 4) is 0 Å². The minimum Gasteiger partial charge on any atom is -1.00 e. The molecule has 9 unspecified atom stereocenters. The van der Waals surface area contributed by atoms with Gasteiger partial charge in [0.1, 0.15) is 22.4 Å². The predicted molar refractivity (Wildman–Crippen MR) is 471 cm³/mol. The van der Waals surface area contributed by atoms with Gasteiger partial charge in [-0.1, -0.05) is 289 Å². The maximum Gasteiger partial charge on any atom is 1.00 e. The van der Waals surface area contributed by atoms with E-state index in [0.717, 1.165) is 0 Å². The van der Waals surface area contributed by atoms with Crippen LogP contribution in [0.5, 0.6) is 0 Å². The van der Waals surface area contributed by atoms with Gasteiger partial charge >= 0.3 is 103 Å². The monoisotopic (exact) mass is 1740 g/mol. The van der Waals surface area contributed by atoms with E-state index in [1.54, 1.807) is 13.8 Å². The van der Waals surface area contributed by atoms with E-state index in [4.69, 9.17) is 72.8 Å². The van der Waals surface area contributed by atoms with Gasteiger partial charge in [0.25, 0.3) is 24.2 Å². The van der Waals surface area contributed by atoms with Gasteiger partial charge < -0.3 is 65.8 Å². The molecule has 3 fully saturated rings. The van der Waals surface area contributed by atoms with Crippen molar-refractivity contribution in [1.29, 1.82) is 0 Å². The number of hydrogen-bond donors (Lipinski definition) is 10. The summed E-state index contributed by atoms with van der Waals surface area (Å²) in [5.74, 6) is -0.789. The number of aryl methyl sites for hydroxylation is 2. The molecule has 116 heavy (non-hydrogen) atoms. The van der Waals surface area contributed by atoms with Crippen LogP contribution < -0.4 is 147 Å². The van der Waals surface area contributed by atoms with Crippen molar-refractivity contribution in [3.63, 3.8) is 0 Å². The molecule has 0 radical (unpaired) electrons. The van der Waals surface area contributed by atoms with Crippen LogP contribution >= 0.6 is 34.8 Å². The molecule has 3 heterocycles. The molecule has 27 heteroatoms. The number of hydrogen-bond acceptors (Lipinski definition) is 19. The van der Waals surface area contributed by atoms with Gasteiger partial charge in [-0.05, 0) is 144 Å². The summed E-state index contributed by atoms with van der Waals surface area (Å²) in [6.07, 6.45) is 1.54. The zero-order valence-corrected chi connectivity index (χ0v) is 89.6. The van der Waals surface area contributed by atoms with Gasteiger partial charge in [-0.25, -0.2) is 19.9 Å². The fraction of sp³-hybridized carbons (Fsp3) is 0.820. The molecule has 3 aliphatic rings. The summed E-state index contributed by atoms with van der Waals surface area (Å²) < 4.78 is 0. The molecule has 3 aliphatic carbocycles. The number of aliphatic hydroxyl groups is 3. The summed E-state index contributed by atoms with van der Waals surface area (Å²) in [6, 6.07) is 0. The first-order chi connectivity index (χ1) is 49.1. The second kappa shape index (κ2) is 35.0. The average molecular weight is 1740 g/mol. The summed E-state index contributed by atoms with van der Waals surface area (Å²) in [6.45, 7) is 102. The van der Waals surface area contributed by atoms with Gasteiger partial charge in [-0.3, -0.25) is 19.2 Å². The summed E-state index contributed by atoms with van der Waals surface area (Å²) in [4.78, 5) is 72.7. The molecular weight excluding hydrogens is 1580 g/mol. The summed E-state index contributed by atoms with van der Waals surface area (Å²) in [7, 11) is 0. The molecule has 0 saturated heterocycles. The molecule has 3 aromatic rings. The van der Waals surface area contributed by atoms with E-state index in [0.29, 0.717) is 29.0 Å². The number of rotatable bonds is 10. The first-order valence-corrected chi connectivity index (χ1v) is 40.8. The fourth-order valence-corrected chi connectivity index (χ4v) is 24.7. The summed E-state index contributed by atoms with van der Waals surface area (Å²) in [5.41, 5.74) is 13.4. The molecule has 9 atom stereocenters. The Morgan fingerprint density at radius 1 is 0.440 bits per heavy atom. The molecule has 0 aliphatic heterocycles. The van der Waals surface area contributed by atoms with Crippen LogP contribution in [0.15, 0.2) is 6.20 Å². The van der Waals surface area contributed by atoms with Crippen LogP contribution in [0.2, 0.25) is 15.7 Å². The number of aromatic nitrogens is 6. The van der Waals surface area contributed by atoms with Gasteiger partial charge in [0.05, 0.1) is 44.9 Å². The van der Waals surface area contributed by atoms with Gasteiger partial charge in [-0.2, -0.15) is 9.97 Å². The topological polar surface area (TPSA) is 379 Å². The Balaban J connectivity index is -0.00000156. The third kappa shape index (κ3) is 16.9. The number of carbonyl (C=O) groups is 4. The van der Waals surface area contributed by atoms with E-state index < -0.39 is 94.6 Å². The summed E-state index contributed by atoms with van der Waals surface area (Å²) in [5, 5.41) is 56.7. The average Bonchev–Trinajstić information content (AvgIpc) is 0.662. The third-order valence-electron chi connectivity index (χ3n) is 35.2. The van der Waals surface area contributed by atoms with Crippen LogP contribution in [0.3, 0.4) is 0 Å². The van der Waals surface area contributed by atoms with Gasteiger partial charge in [0.15, 0.2) is 0 Å². The van der Waals surface area contributed by atoms with E-state index >= 15 is 0 Å². The Morgan fingerprint density at radius 3 is 0.983 bits per heavy atom. The molecule has 22 nitrogen and oxygen atoms in total. The van der Waals surface area contributed by atoms with Crippen molar-refractivity contribution < 1.29 is 149 Å². The number of nitrogens with two attached hydrogens (primary N) is 4. The summed E-state index contributed by atoms with van der Waals surface area (Å²) >= 11 is 17.2. The van der Waals surface area contributed by atoms with Crippen molar-refractivity contribution in [1.82, 2.24) is 29.9 Å².